The lowest BCUT2D eigenvalue weighted by Crippen LogP contribution is -2.01. The summed E-state index contributed by atoms with van der Waals surface area (Å²) in [6.07, 6.45) is 0. The molecule has 2 aromatic carbocycles. The van der Waals surface area contributed by atoms with Crippen LogP contribution in [0.15, 0.2) is 42.5 Å². The van der Waals surface area contributed by atoms with Crippen LogP contribution in [0.5, 0.6) is 0 Å². The minimum atomic E-state index is -0.470. The van der Waals surface area contributed by atoms with Crippen molar-refractivity contribution in [2.75, 3.05) is 7.11 Å². The monoisotopic (exact) mass is 270 g/mol. The van der Waals surface area contributed by atoms with Crippen molar-refractivity contribution in [3.63, 3.8) is 0 Å². The van der Waals surface area contributed by atoms with E-state index >= 15 is 0 Å². The Morgan fingerprint density at radius 2 is 2.00 bits per heavy atom. The number of nitrogens with zero attached hydrogens (tertiary/aromatic N) is 1. The van der Waals surface area contributed by atoms with Crippen LogP contribution in [-0.4, -0.2) is 23.0 Å². The van der Waals surface area contributed by atoms with E-state index in [1.54, 1.807) is 36.4 Å². The van der Waals surface area contributed by atoms with Crippen LogP contribution in [0.1, 0.15) is 10.4 Å². The number of aromatic nitrogens is 2. The van der Waals surface area contributed by atoms with Crippen LogP contribution in [0.4, 0.5) is 4.39 Å². The van der Waals surface area contributed by atoms with Gasteiger partial charge in [-0.1, -0.05) is 18.2 Å². The first-order valence-electron chi connectivity index (χ1n) is 6.02. The lowest BCUT2D eigenvalue weighted by Gasteiger charge is -1.98. The summed E-state index contributed by atoms with van der Waals surface area (Å²) in [4.78, 5) is 19.0. The van der Waals surface area contributed by atoms with E-state index in [9.17, 15) is 9.18 Å². The smallest absolute Gasteiger partial charge is 0.340 e. The molecule has 0 amide bonds. The largest absolute Gasteiger partial charge is 0.465 e. The predicted octanol–water partition coefficient (Wildman–Crippen LogP) is 3.16. The molecule has 3 rings (SSSR count). The van der Waals surface area contributed by atoms with E-state index in [1.807, 2.05) is 0 Å². The number of fused-ring (bicyclic) bond motifs is 1. The number of aromatic amines is 1. The van der Waals surface area contributed by atoms with Crippen LogP contribution in [0.25, 0.3) is 22.4 Å². The van der Waals surface area contributed by atoms with Gasteiger partial charge in [0.2, 0.25) is 0 Å². The summed E-state index contributed by atoms with van der Waals surface area (Å²) in [6.45, 7) is 0. The molecule has 0 atom stereocenters. The van der Waals surface area contributed by atoms with E-state index in [0.717, 1.165) is 0 Å². The summed E-state index contributed by atoms with van der Waals surface area (Å²) in [5.74, 6) is -0.456. The van der Waals surface area contributed by atoms with E-state index in [-0.39, 0.29) is 5.82 Å². The van der Waals surface area contributed by atoms with Crippen molar-refractivity contribution in [1.82, 2.24) is 9.97 Å². The molecular formula is C15H11FN2O2. The van der Waals surface area contributed by atoms with Gasteiger partial charge in [-0.05, 0) is 24.3 Å². The summed E-state index contributed by atoms with van der Waals surface area (Å²) >= 11 is 0. The number of methoxy groups -OCH3 is 1. The number of esters is 1. The number of benzene rings is 2. The standard InChI is InChI=1S/C15H11FN2O2/c1-20-15(19)10-6-4-8-12-13(10)18-14(17-12)9-5-2-3-7-11(9)16/h2-8H,1H3,(H,17,18). The Morgan fingerprint density at radius 3 is 2.75 bits per heavy atom. The number of halogens is 1. The highest BCUT2D eigenvalue weighted by molar-refractivity contribution is 6.02. The van der Waals surface area contributed by atoms with Gasteiger partial charge in [0.05, 0.1) is 23.8 Å². The zero-order chi connectivity index (χ0) is 14.1. The molecule has 100 valence electrons. The topological polar surface area (TPSA) is 55.0 Å². The van der Waals surface area contributed by atoms with Gasteiger partial charge in [-0.3, -0.25) is 0 Å². The molecular weight excluding hydrogens is 259 g/mol. The van der Waals surface area contributed by atoms with Gasteiger partial charge in [0.1, 0.15) is 17.2 Å². The first kappa shape index (κ1) is 12.3. The summed E-state index contributed by atoms with van der Waals surface area (Å²) in [5.41, 5.74) is 1.84. The van der Waals surface area contributed by atoms with E-state index in [1.165, 1.54) is 13.2 Å². The van der Waals surface area contributed by atoms with E-state index in [2.05, 4.69) is 9.97 Å². The van der Waals surface area contributed by atoms with Gasteiger partial charge in [0.25, 0.3) is 0 Å². The number of hydrogen-bond acceptors (Lipinski definition) is 3. The molecule has 3 aromatic rings. The highest BCUT2D eigenvalue weighted by atomic mass is 19.1. The van der Waals surface area contributed by atoms with Gasteiger partial charge in [0, 0.05) is 0 Å². The zero-order valence-electron chi connectivity index (χ0n) is 10.7. The Labute approximate surface area is 114 Å². The van der Waals surface area contributed by atoms with Crippen LogP contribution in [0.2, 0.25) is 0 Å². The number of imidazole rings is 1. The Kier molecular flexibility index (Phi) is 2.95. The lowest BCUT2D eigenvalue weighted by atomic mass is 10.2. The third-order valence-electron chi connectivity index (χ3n) is 3.05. The number of rotatable bonds is 2. The molecule has 1 aromatic heterocycles. The molecule has 1 heterocycles. The number of ether oxygens (including phenoxy) is 1. The van der Waals surface area contributed by atoms with Crippen molar-refractivity contribution < 1.29 is 13.9 Å². The van der Waals surface area contributed by atoms with E-state index in [0.29, 0.717) is 28.0 Å². The van der Waals surface area contributed by atoms with Crippen LogP contribution in [-0.2, 0) is 4.74 Å². The van der Waals surface area contributed by atoms with Crippen LogP contribution in [0, 0.1) is 5.82 Å². The second kappa shape index (κ2) is 4.77. The normalized spacial score (nSPS) is 10.7. The number of carbonyl (C=O) groups excluding carboxylic acids is 1. The van der Waals surface area contributed by atoms with Crippen LogP contribution < -0.4 is 0 Å². The zero-order valence-corrected chi connectivity index (χ0v) is 10.7. The maximum Gasteiger partial charge on any atom is 0.340 e. The van der Waals surface area contributed by atoms with E-state index < -0.39 is 5.97 Å². The Balaban J connectivity index is 2.21. The Hall–Kier alpha value is -2.69. The summed E-state index contributed by atoms with van der Waals surface area (Å²) < 4.78 is 18.5. The molecule has 0 saturated heterocycles. The maximum atomic E-state index is 13.8. The highest BCUT2D eigenvalue weighted by Crippen LogP contribution is 2.24. The molecule has 5 heteroatoms. The number of H-pyrrole nitrogens is 1. The molecule has 0 aliphatic rings. The molecule has 0 radical (unpaired) electrons. The van der Waals surface area contributed by atoms with E-state index in [4.69, 9.17) is 4.74 Å². The highest BCUT2D eigenvalue weighted by Gasteiger charge is 2.15. The SMILES string of the molecule is COC(=O)c1cccc2[nH]c(-c3ccccc3F)nc12. The molecule has 20 heavy (non-hydrogen) atoms. The van der Waals surface area contributed by atoms with Crippen molar-refractivity contribution in [3.05, 3.63) is 53.8 Å². The molecule has 0 spiro atoms. The fourth-order valence-corrected chi connectivity index (χ4v) is 2.09. The quantitative estimate of drug-likeness (QED) is 0.728. The van der Waals surface area contributed by atoms with Gasteiger partial charge >= 0.3 is 5.97 Å². The molecule has 0 bridgehead atoms. The molecule has 0 saturated carbocycles. The van der Waals surface area contributed by atoms with Gasteiger partial charge in [-0.2, -0.15) is 0 Å². The number of para-hydroxylation sites is 1. The number of carbonyl (C=O) groups is 1. The first-order chi connectivity index (χ1) is 9.70. The molecule has 4 nitrogen and oxygen atoms in total. The molecule has 1 N–H and O–H groups in total. The van der Waals surface area contributed by atoms with Crippen molar-refractivity contribution in [3.8, 4) is 11.4 Å². The molecule has 0 aliphatic heterocycles. The number of hydrogen-bond donors (Lipinski definition) is 1. The first-order valence-corrected chi connectivity index (χ1v) is 6.02. The predicted molar refractivity (Wildman–Crippen MR) is 72.8 cm³/mol. The third kappa shape index (κ3) is 1.93. The number of nitrogens with one attached hydrogen (secondary N) is 1. The van der Waals surface area contributed by atoms with Gasteiger partial charge < -0.3 is 9.72 Å². The fraction of sp³-hybridized carbons (Fsp3) is 0.0667. The molecule has 0 aliphatic carbocycles. The lowest BCUT2D eigenvalue weighted by molar-refractivity contribution is 0.0603. The minimum absolute atomic E-state index is 0.351. The van der Waals surface area contributed by atoms with Crippen molar-refractivity contribution in [1.29, 1.82) is 0 Å². The van der Waals surface area contributed by atoms with Crippen LogP contribution in [0.3, 0.4) is 0 Å². The summed E-state index contributed by atoms with van der Waals surface area (Å²) in [5, 5.41) is 0. The summed E-state index contributed by atoms with van der Waals surface area (Å²) in [7, 11) is 1.31. The van der Waals surface area contributed by atoms with Crippen molar-refractivity contribution >= 4 is 17.0 Å². The second-order valence-corrected chi connectivity index (χ2v) is 4.26. The second-order valence-electron chi connectivity index (χ2n) is 4.26. The van der Waals surface area contributed by atoms with Gasteiger partial charge in [0.15, 0.2) is 0 Å². The maximum absolute atomic E-state index is 13.8. The van der Waals surface area contributed by atoms with Crippen LogP contribution >= 0.6 is 0 Å². The minimum Gasteiger partial charge on any atom is -0.465 e. The summed E-state index contributed by atoms with van der Waals surface area (Å²) in [6, 6.07) is 11.5. The van der Waals surface area contributed by atoms with Gasteiger partial charge in [-0.15, -0.1) is 0 Å². The van der Waals surface area contributed by atoms with Crippen molar-refractivity contribution in [2.45, 2.75) is 0 Å². The van der Waals surface area contributed by atoms with Gasteiger partial charge in [-0.25, -0.2) is 14.2 Å². The fourth-order valence-electron chi connectivity index (χ4n) is 2.09. The Bertz CT molecular complexity index is 795. The molecule has 0 unspecified atom stereocenters. The Morgan fingerprint density at radius 1 is 1.20 bits per heavy atom. The average Bonchev–Trinajstić information content (AvgIpc) is 2.90. The average molecular weight is 270 g/mol. The van der Waals surface area contributed by atoms with Crippen molar-refractivity contribution in [2.24, 2.45) is 0 Å². The molecule has 0 fully saturated rings. The third-order valence-corrected chi connectivity index (χ3v) is 3.05.